The fourth-order valence-corrected chi connectivity index (χ4v) is 1.59. The molecule has 1 unspecified atom stereocenters. The molecule has 2 rings (SSSR count). The quantitative estimate of drug-likeness (QED) is 0.825. The van der Waals surface area contributed by atoms with Crippen molar-refractivity contribution in [1.82, 2.24) is 20.2 Å². The number of hydrogen-bond donors (Lipinski definition) is 2. The van der Waals surface area contributed by atoms with E-state index in [1.54, 1.807) is 6.20 Å². The Balaban J connectivity index is 2.15. The Morgan fingerprint density at radius 2 is 2.12 bits per heavy atom. The van der Waals surface area contributed by atoms with Gasteiger partial charge in [0.1, 0.15) is 11.6 Å². The molecule has 0 bridgehead atoms. The zero-order valence-corrected chi connectivity index (χ0v) is 9.65. The summed E-state index contributed by atoms with van der Waals surface area (Å²) in [5, 5.41) is 10.0. The highest BCUT2D eigenvalue weighted by Gasteiger charge is 2.07. The summed E-state index contributed by atoms with van der Waals surface area (Å²) in [6.45, 7) is 5.92. The summed E-state index contributed by atoms with van der Waals surface area (Å²) >= 11 is 0. The summed E-state index contributed by atoms with van der Waals surface area (Å²) in [4.78, 5) is 8.57. The van der Waals surface area contributed by atoms with Crippen molar-refractivity contribution < 1.29 is 0 Å². The Morgan fingerprint density at radius 3 is 2.75 bits per heavy atom. The number of rotatable bonds is 3. The lowest BCUT2D eigenvalue weighted by Gasteiger charge is -2.13. The summed E-state index contributed by atoms with van der Waals surface area (Å²) in [7, 11) is 0. The van der Waals surface area contributed by atoms with Crippen molar-refractivity contribution in [3.8, 4) is 0 Å². The van der Waals surface area contributed by atoms with Crippen LogP contribution in [0.3, 0.4) is 0 Å². The van der Waals surface area contributed by atoms with Crippen LogP contribution in [-0.2, 0) is 0 Å². The third-order valence-electron chi connectivity index (χ3n) is 2.35. The second-order valence-electron chi connectivity index (χ2n) is 3.84. The molecule has 0 aliphatic carbocycles. The number of nitrogens with zero attached hydrogens (tertiary/aromatic N) is 3. The molecule has 0 fully saturated rings. The largest absolute Gasteiger partial charge is 0.363 e. The predicted octanol–water partition coefficient (Wildman–Crippen LogP) is 1.99. The monoisotopic (exact) mass is 217 g/mol. The van der Waals surface area contributed by atoms with Crippen LogP contribution in [0, 0.1) is 13.8 Å². The summed E-state index contributed by atoms with van der Waals surface area (Å²) in [5.74, 6) is 1.63. The van der Waals surface area contributed by atoms with Gasteiger partial charge in [-0.2, -0.15) is 5.10 Å². The van der Waals surface area contributed by atoms with Crippen LogP contribution >= 0.6 is 0 Å². The van der Waals surface area contributed by atoms with Crippen LogP contribution in [0.15, 0.2) is 18.5 Å². The smallest absolute Gasteiger partial charge is 0.130 e. The fraction of sp³-hybridized carbons (Fsp3) is 0.364. The molecule has 2 aromatic heterocycles. The molecule has 0 aliphatic heterocycles. The lowest BCUT2D eigenvalue weighted by molar-refractivity contribution is 0.865. The van der Waals surface area contributed by atoms with E-state index in [-0.39, 0.29) is 6.04 Å². The Kier molecular flexibility index (Phi) is 2.85. The fourth-order valence-electron chi connectivity index (χ4n) is 1.59. The van der Waals surface area contributed by atoms with E-state index in [1.165, 1.54) is 0 Å². The predicted molar refractivity (Wildman–Crippen MR) is 62.1 cm³/mol. The first-order valence-electron chi connectivity index (χ1n) is 5.22. The van der Waals surface area contributed by atoms with Crippen molar-refractivity contribution in [3.63, 3.8) is 0 Å². The number of aromatic nitrogens is 4. The van der Waals surface area contributed by atoms with Gasteiger partial charge in [0.25, 0.3) is 0 Å². The van der Waals surface area contributed by atoms with Gasteiger partial charge in [0.15, 0.2) is 0 Å². The van der Waals surface area contributed by atoms with Crippen LogP contribution in [0.2, 0.25) is 0 Å². The van der Waals surface area contributed by atoms with E-state index in [0.717, 1.165) is 22.9 Å². The summed E-state index contributed by atoms with van der Waals surface area (Å²) < 4.78 is 0. The molecule has 16 heavy (non-hydrogen) atoms. The molecule has 84 valence electrons. The first-order chi connectivity index (χ1) is 7.65. The summed E-state index contributed by atoms with van der Waals surface area (Å²) in [6, 6.07) is 2.11. The van der Waals surface area contributed by atoms with Crippen LogP contribution < -0.4 is 5.32 Å². The molecular formula is C11H15N5. The van der Waals surface area contributed by atoms with E-state index in [1.807, 2.05) is 26.1 Å². The van der Waals surface area contributed by atoms with E-state index >= 15 is 0 Å². The molecule has 1 atom stereocenters. The van der Waals surface area contributed by atoms with Crippen molar-refractivity contribution in [2.75, 3.05) is 5.32 Å². The highest BCUT2D eigenvalue weighted by atomic mass is 15.1. The van der Waals surface area contributed by atoms with Crippen LogP contribution in [0.4, 0.5) is 5.82 Å². The Hall–Kier alpha value is -1.91. The van der Waals surface area contributed by atoms with E-state index in [9.17, 15) is 0 Å². The molecular weight excluding hydrogens is 202 g/mol. The van der Waals surface area contributed by atoms with Gasteiger partial charge in [0.05, 0.1) is 12.2 Å². The highest BCUT2D eigenvalue weighted by Crippen LogP contribution is 2.16. The van der Waals surface area contributed by atoms with E-state index in [2.05, 4.69) is 32.4 Å². The Labute approximate surface area is 94.3 Å². The van der Waals surface area contributed by atoms with Crippen molar-refractivity contribution in [1.29, 1.82) is 0 Å². The number of nitrogens with one attached hydrogen (secondary N) is 2. The molecule has 0 aromatic carbocycles. The maximum Gasteiger partial charge on any atom is 0.130 e. The maximum absolute atomic E-state index is 4.33. The van der Waals surface area contributed by atoms with Gasteiger partial charge in [-0.15, -0.1) is 0 Å². The molecule has 2 N–H and O–H groups in total. The van der Waals surface area contributed by atoms with Gasteiger partial charge in [0.2, 0.25) is 0 Å². The Bertz CT molecular complexity index is 443. The second kappa shape index (κ2) is 4.30. The van der Waals surface area contributed by atoms with E-state index in [4.69, 9.17) is 0 Å². The number of H-pyrrole nitrogens is 1. The van der Waals surface area contributed by atoms with Crippen molar-refractivity contribution in [3.05, 3.63) is 35.5 Å². The van der Waals surface area contributed by atoms with Gasteiger partial charge in [-0.1, -0.05) is 0 Å². The standard InChI is InChI=1S/C11H15N5/c1-7-4-11(16-9(3)14-7)15-8(2)10-5-12-13-6-10/h4-6,8H,1-3H3,(H,12,13)(H,14,15,16). The van der Waals surface area contributed by atoms with Gasteiger partial charge < -0.3 is 5.32 Å². The minimum Gasteiger partial charge on any atom is -0.363 e. The number of aryl methyl sites for hydroxylation is 2. The maximum atomic E-state index is 4.33. The molecule has 0 aliphatic rings. The topological polar surface area (TPSA) is 66.5 Å². The first-order valence-corrected chi connectivity index (χ1v) is 5.22. The minimum absolute atomic E-state index is 0.174. The van der Waals surface area contributed by atoms with Crippen molar-refractivity contribution in [2.24, 2.45) is 0 Å². The molecule has 0 spiro atoms. The molecule has 0 saturated heterocycles. The average Bonchev–Trinajstić information content (AvgIpc) is 2.68. The zero-order chi connectivity index (χ0) is 11.5. The van der Waals surface area contributed by atoms with E-state index < -0.39 is 0 Å². The third-order valence-corrected chi connectivity index (χ3v) is 2.35. The van der Waals surface area contributed by atoms with E-state index in [0.29, 0.717) is 0 Å². The molecule has 5 heteroatoms. The molecule has 0 saturated carbocycles. The SMILES string of the molecule is Cc1cc(NC(C)c2cn[nH]c2)nc(C)n1. The van der Waals surface area contributed by atoms with Gasteiger partial charge in [-0.25, -0.2) is 9.97 Å². The first kappa shape index (κ1) is 10.6. The van der Waals surface area contributed by atoms with Crippen LogP contribution in [0.5, 0.6) is 0 Å². The van der Waals surface area contributed by atoms with Crippen molar-refractivity contribution in [2.45, 2.75) is 26.8 Å². The third kappa shape index (κ3) is 2.36. The van der Waals surface area contributed by atoms with Crippen LogP contribution in [0.25, 0.3) is 0 Å². The molecule has 0 radical (unpaired) electrons. The van der Waals surface area contributed by atoms with Crippen LogP contribution in [0.1, 0.15) is 30.0 Å². The Morgan fingerprint density at radius 1 is 1.31 bits per heavy atom. The molecule has 0 amide bonds. The minimum atomic E-state index is 0.174. The summed E-state index contributed by atoms with van der Waals surface area (Å²) in [5.41, 5.74) is 2.07. The zero-order valence-electron chi connectivity index (χ0n) is 9.65. The summed E-state index contributed by atoms with van der Waals surface area (Å²) in [6.07, 6.45) is 3.68. The highest BCUT2D eigenvalue weighted by molar-refractivity contribution is 5.38. The molecule has 2 heterocycles. The van der Waals surface area contributed by atoms with Gasteiger partial charge in [0, 0.05) is 23.5 Å². The average molecular weight is 217 g/mol. The normalized spacial score (nSPS) is 12.4. The lowest BCUT2D eigenvalue weighted by Crippen LogP contribution is -2.08. The molecule has 2 aromatic rings. The van der Waals surface area contributed by atoms with Gasteiger partial charge >= 0.3 is 0 Å². The van der Waals surface area contributed by atoms with Gasteiger partial charge in [-0.05, 0) is 20.8 Å². The second-order valence-corrected chi connectivity index (χ2v) is 3.84. The van der Waals surface area contributed by atoms with Crippen LogP contribution in [-0.4, -0.2) is 20.2 Å². The lowest BCUT2D eigenvalue weighted by atomic mass is 10.2. The molecule has 5 nitrogen and oxygen atoms in total. The van der Waals surface area contributed by atoms with Crippen molar-refractivity contribution >= 4 is 5.82 Å². The number of aromatic amines is 1. The number of hydrogen-bond acceptors (Lipinski definition) is 4. The van der Waals surface area contributed by atoms with Gasteiger partial charge in [-0.3, -0.25) is 5.10 Å². The number of anilines is 1.